The number of amides is 1. The summed E-state index contributed by atoms with van der Waals surface area (Å²) in [6.45, 7) is 15.8. The highest BCUT2D eigenvalue weighted by atomic mass is 32.1. The van der Waals surface area contributed by atoms with Crippen molar-refractivity contribution in [3.63, 3.8) is 0 Å². The minimum atomic E-state index is 0.0904. The number of hydrogen-bond donors (Lipinski definition) is 0. The first-order chi connectivity index (χ1) is 20.3. The quantitative estimate of drug-likeness (QED) is 0.320. The highest BCUT2D eigenvalue weighted by Gasteiger charge is 2.33. The molecule has 2 aliphatic rings. The Labute approximate surface area is 254 Å². The molecule has 10 nitrogen and oxygen atoms in total. The normalized spacial score (nSPS) is 17.6. The molecule has 0 aromatic carbocycles. The van der Waals surface area contributed by atoms with Gasteiger partial charge in [-0.2, -0.15) is 5.10 Å². The van der Waals surface area contributed by atoms with Crippen molar-refractivity contribution in [1.29, 1.82) is 0 Å². The Balaban J connectivity index is 1.14. The number of aromatic nitrogens is 5. The van der Waals surface area contributed by atoms with E-state index in [0.29, 0.717) is 18.4 Å². The molecule has 2 aliphatic heterocycles. The van der Waals surface area contributed by atoms with Gasteiger partial charge in [0.15, 0.2) is 5.65 Å². The number of likely N-dealkylation sites (tertiary alicyclic amines) is 1. The Morgan fingerprint density at radius 1 is 1.12 bits per heavy atom. The zero-order valence-corrected chi connectivity index (χ0v) is 26.9. The summed E-state index contributed by atoms with van der Waals surface area (Å²) in [5.74, 6) is 1.97. The predicted molar refractivity (Wildman–Crippen MR) is 168 cm³/mol. The van der Waals surface area contributed by atoms with Crippen LogP contribution in [0.2, 0.25) is 0 Å². The average molecular weight is 597 g/mol. The second-order valence-electron chi connectivity index (χ2n) is 12.9. The van der Waals surface area contributed by atoms with E-state index in [2.05, 4.69) is 62.8 Å². The van der Waals surface area contributed by atoms with E-state index in [0.717, 1.165) is 107 Å². The number of rotatable bonds is 11. The van der Waals surface area contributed by atoms with Gasteiger partial charge in [0, 0.05) is 63.2 Å². The Hall–Kier alpha value is -2.63. The fraction of sp³-hybridized carbons (Fsp3) is 0.710. The first-order valence-corrected chi connectivity index (χ1v) is 16.5. The summed E-state index contributed by atoms with van der Waals surface area (Å²) in [5, 5.41) is 8.89. The van der Waals surface area contributed by atoms with E-state index in [4.69, 9.17) is 9.72 Å². The molecule has 0 atom stereocenters. The van der Waals surface area contributed by atoms with Crippen molar-refractivity contribution in [1.82, 2.24) is 34.5 Å². The fourth-order valence-corrected chi connectivity index (χ4v) is 7.19. The van der Waals surface area contributed by atoms with Gasteiger partial charge in [-0.3, -0.25) is 9.69 Å². The number of nitrogens with zero attached hydrogens (tertiary/aromatic N) is 8. The van der Waals surface area contributed by atoms with Crippen LogP contribution in [-0.4, -0.2) is 99.0 Å². The first-order valence-electron chi connectivity index (χ1n) is 15.6. The smallest absolute Gasteiger partial charge is 0.225 e. The van der Waals surface area contributed by atoms with Crippen molar-refractivity contribution in [3.05, 3.63) is 28.6 Å². The second kappa shape index (κ2) is 13.8. The Morgan fingerprint density at radius 2 is 1.88 bits per heavy atom. The SMILES string of the molecule is CCCc1nc(Cn2ncc3c(N4CCC(C(=O)N5CCC(CN(CCOC)C(C)(C)C)CC5)CC4)ncnc32)cs1. The summed E-state index contributed by atoms with van der Waals surface area (Å²) in [7, 11) is 1.77. The molecular weight excluding hydrogens is 548 g/mol. The summed E-state index contributed by atoms with van der Waals surface area (Å²) in [4.78, 5) is 34.4. The van der Waals surface area contributed by atoms with Gasteiger partial charge < -0.3 is 14.5 Å². The molecule has 5 rings (SSSR count). The third kappa shape index (κ3) is 7.29. The third-order valence-electron chi connectivity index (χ3n) is 8.85. The molecule has 0 aliphatic carbocycles. The molecule has 3 aromatic heterocycles. The molecule has 2 saturated heterocycles. The second-order valence-corrected chi connectivity index (χ2v) is 13.8. The molecule has 0 saturated carbocycles. The maximum Gasteiger partial charge on any atom is 0.225 e. The number of thiazole rings is 1. The van der Waals surface area contributed by atoms with Crippen molar-refractivity contribution < 1.29 is 9.53 Å². The Bertz CT molecular complexity index is 1300. The third-order valence-corrected chi connectivity index (χ3v) is 9.81. The van der Waals surface area contributed by atoms with Gasteiger partial charge in [0.05, 0.1) is 35.4 Å². The molecule has 2 fully saturated rings. The standard InChI is InChI=1S/C31H48N8O2S/c1-6-7-27-35-25(21-42-27)20-39-29-26(18-34-39)28(32-22-33-29)36-14-10-24(11-15-36)30(40)37-12-8-23(9-13-37)19-38(16-17-41-5)31(2,3)4/h18,21-24H,6-17,19-20H2,1-5H3. The van der Waals surface area contributed by atoms with Gasteiger partial charge in [0.25, 0.3) is 0 Å². The number of ether oxygens (including phenoxy) is 1. The maximum absolute atomic E-state index is 13.5. The van der Waals surface area contributed by atoms with Crippen LogP contribution in [0.5, 0.6) is 0 Å². The minimum absolute atomic E-state index is 0.0904. The number of fused-ring (bicyclic) bond motifs is 1. The fourth-order valence-electron chi connectivity index (χ4n) is 6.30. The van der Waals surface area contributed by atoms with E-state index in [1.165, 1.54) is 5.01 Å². The number of piperidine rings is 2. The molecule has 3 aromatic rings. The van der Waals surface area contributed by atoms with Crippen LogP contribution in [-0.2, 0) is 22.5 Å². The van der Waals surface area contributed by atoms with Gasteiger partial charge in [-0.25, -0.2) is 19.6 Å². The van der Waals surface area contributed by atoms with Crippen molar-refractivity contribution in [2.45, 2.75) is 78.3 Å². The molecule has 0 spiro atoms. The molecule has 0 radical (unpaired) electrons. The molecule has 1 amide bonds. The Kier molecular flexibility index (Phi) is 10.1. The Morgan fingerprint density at radius 3 is 2.57 bits per heavy atom. The molecule has 11 heteroatoms. The summed E-state index contributed by atoms with van der Waals surface area (Å²) in [5.41, 5.74) is 1.97. The van der Waals surface area contributed by atoms with E-state index in [1.54, 1.807) is 24.8 Å². The first kappa shape index (κ1) is 30.8. The van der Waals surface area contributed by atoms with Crippen molar-refractivity contribution in [2.75, 3.05) is 57.9 Å². The summed E-state index contributed by atoms with van der Waals surface area (Å²) in [6.07, 6.45) is 9.48. The van der Waals surface area contributed by atoms with Gasteiger partial charge in [-0.05, 0) is 65.2 Å². The minimum Gasteiger partial charge on any atom is -0.383 e. The largest absolute Gasteiger partial charge is 0.383 e. The topological polar surface area (TPSA) is 92.5 Å². The van der Waals surface area contributed by atoms with E-state index in [9.17, 15) is 4.79 Å². The monoisotopic (exact) mass is 596 g/mol. The van der Waals surface area contributed by atoms with Crippen LogP contribution in [0.4, 0.5) is 5.82 Å². The average Bonchev–Trinajstić information content (AvgIpc) is 3.62. The van der Waals surface area contributed by atoms with E-state index >= 15 is 0 Å². The predicted octanol–water partition coefficient (Wildman–Crippen LogP) is 4.49. The maximum atomic E-state index is 13.5. The van der Waals surface area contributed by atoms with Gasteiger partial charge in [-0.15, -0.1) is 11.3 Å². The van der Waals surface area contributed by atoms with E-state index < -0.39 is 0 Å². The van der Waals surface area contributed by atoms with Crippen LogP contribution in [0.3, 0.4) is 0 Å². The lowest BCUT2D eigenvalue weighted by molar-refractivity contribution is -0.137. The van der Waals surface area contributed by atoms with Gasteiger partial charge >= 0.3 is 0 Å². The van der Waals surface area contributed by atoms with E-state index in [1.807, 2.05) is 10.9 Å². The lowest BCUT2D eigenvalue weighted by atomic mass is 9.91. The zero-order valence-electron chi connectivity index (χ0n) is 26.1. The van der Waals surface area contributed by atoms with Crippen LogP contribution in [0, 0.1) is 11.8 Å². The van der Waals surface area contributed by atoms with Crippen LogP contribution in [0.15, 0.2) is 17.9 Å². The van der Waals surface area contributed by atoms with Gasteiger partial charge in [-0.1, -0.05) is 6.92 Å². The number of anilines is 1. The van der Waals surface area contributed by atoms with Crippen molar-refractivity contribution in [3.8, 4) is 0 Å². The molecule has 42 heavy (non-hydrogen) atoms. The molecule has 0 N–H and O–H groups in total. The summed E-state index contributed by atoms with van der Waals surface area (Å²) in [6, 6.07) is 0. The number of methoxy groups -OCH3 is 1. The van der Waals surface area contributed by atoms with E-state index in [-0.39, 0.29) is 11.5 Å². The van der Waals surface area contributed by atoms with Gasteiger partial charge in [0.2, 0.25) is 5.91 Å². The van der Waals surface area contributed by atoms with Crippen LogP contribution >= 0.6 is 11.3 Å². The highest BCUT2D eigenvalue weighted by Crippen LogP contribution is 2.30. The number of carbonyl (C=O) groups excluding carboxylic acids is 1. The van der Waals surface area contributed by atoms with Crippen LogP contribution in [0.25, 0.3) is 11.0 Å². The van der Waals surface area contributed by atoms with Crippen molar-refractivity contribution >= 4 is 34.1 Å². The zero-order chi connectivity index (χ0) is 29.7. The van der Waals surface area contributed by atoms with Crippen LogP contribution < -0.4 is 4.90 Å². The summed E-state index contributed by atoms with van der Waals surface area (Å²) < 4.78 is 7.27. The number of hydrogen-bond acceptors (Lipinski definition) is 9. The molecule has 230 valence electrons. The molecule has 0 bridgehead atoms. The van der Waals surface area contributed by atoms with Gasteiger partial charge in [0.1, 0.15) is 12.1 Å². The van der Waals surface area contributed by atoms with Crippen LogP contribution in [0.1, 0.15) is 70.5 Å². The molecular formula is C31H48N8O2S. The number of aryl methyl sites for hydroxylation is 1. The summed E-state index contributed by atoms with van der Waals surface area (Å²) >= 11 is 1.71. The van der Waals surface area contributed by atoms with Crippen molar-refractivity contribution in [2.24, 2.45) is 11.8 Å². The molecule has 0 unspecified atom stereocenters. The number of carbonyl (C=O) groups is 1. The lowest BCUT2D eigenvalue weighted by Gasteiger charge is -2.41. The lowest BCUT2D eigenvalue weighted by Crippen LogP contribution is -2.49. The highest BCUT2D eigenvalue weighted by molar-refractivity contribution is 7.09. The molecule has 5 heterocycles.